The van der Waals surface area contributed by atoms with Crippen molar-refractivity contribution in [2.24, 2.45) is 7.05 Å². The second kappa shape index (κ2) is 9.33. The first-order valence-electron chi connectivity index (χ1n) is 9.52. The zero-order valence-electron chi connectivity index (χ0n) is 16.8. The van der Waals surface area contributed by atoms with Gasteiger partial charge in [0.1, 0.15) is 11.5 Å². The Bertz CT molecular complexity index is 1260. The Morgan fingerprint density at radius 2 is 1.72 bits per heavy atom. The molecule has 0 spiro atoms. The molecule has 0 bridgehead atoms. The van der Waals surface area contributed by atoms with Gasteiger partial charge in [0.05, 0.1) is 17.0 Å². The number of carbonyl (C=O) groups excluding carboxylic acids is 1. The predicted molar refractivity (Wildman–Crippen MR) is 119 cm³/mol. The van der Waals surface area contributed by atoms with Crippen molar-refractivity contribution >= 4 is 40.2 Å². The molecule has 0 amide bonds. The van der Waals surface area contributed by atoms with Gasteiger partial charge in [0.25, 0.3) is 0 Å². The monoisotopic (exact) mass is 474 g/mol. The van der Waals surface area contributed by atoms with Crippen LogP contribution < -0.4 is 0 Å². The molecule has 4 rings (SSSR count). The van der Waals surface area contributed by atoms with Crippen molar-refractivity contribution in [3.8, 4) is 0 Å². The van der Waals surface area contributed by atoms with Gasteiger partial charge in [0.2, 0.25) is 0 Å². The van der Waals surface area contributed by atoms with Crippen LogP contribution in [0.5, 0.6) is 0 Å². The van der Waals surface area contributed by atoms with E-state index >= 15 is 0 Å². The summed E-state index contributed by atoms with van der Waals surface area (Å²) in [6.07, 6.45) is -4.53. The van der Waals surface area contributed by atoms with Crippen LogP contribution in [0.25, 0.3) is 10.9 Å². The van der Waals surface area contributed by atoms with Gasteiger partial charge in [-0.15, -0.1) is 22.0 Å². The summed E-state index contributed by atoms with van der Waals surface area (Å²) < 4.78 is 41.6. The van der Waals surface area contributed by atoms with Crippen molar-refractivity contribution in [1.29, 1.82) is 0 Å². The van der Waals surface area contributed by atoms with Crippen LogP contribution in [0.2, 0.25) is 0 Å². The first kappa shape index (κ1) is 22.3. The van der Waals surface area contributed by atoms with E-state index in [0.29, 0.717) is 38.1 Å². The minimum Gasteiger partial charge on any atom is -0.308 e. The molecular weight excluding hydrogens is 457 g/mol. The molecule has 4 aromatic rings. The average molecular weight is 475 g/mol. The van der Waals surface area contributed by atoms with E-state index < -0.39 is 11.9 Å². The molecule has 0 saturated carbocycles. The summed E-state index contributed by atoms with van der Waals surface area (Å²) in [4.78, 5) is 16.5. The van der Waals surface area contributed by atoms with Crippen molar-refractivity contribution in [2.45, 2.75) is 22.0 Å². The molecule has 0 fully saturated rings. The first-order chi connectivity index (χ1) is 15.3. The molecule has 2 heterocycles. The Balaban J connectivity index is 1.49. The molecule has 32 heavy (non-hydrogen) atoms. The van der Waals surface area contributed by atoms with Crippen molar-refractivity contribution < 1.29 is 18.0 Å². The first-order valence-corrected chi connectivity index (χ1v) is 11.5. The van der Waals surface area contributed by atoms with Crippen LogP contribution >= 0.6 is 23.5 Å². The van der Waals surface area contributed by atoms with Crippen molar-refractivity contribution in [3.63, 3.8) is 0 Å². The second-order valence-corrected chi connectivity index (χ2v) is 8.80. The highest BCUT2D eigenvalue weighted by molar-refractivity contribution is 7.99. The van der Waals surface area contributed by atoms with Crippen LogP contribution in [-0.2, 0) is 19.0 Å². The van der Waals surface area contributed by atoms with Crippen LogP contribution in [-0.4, -0.2) is 31.3 Å². The second-order valence-electron chi connectivity index (χ2n) is 6.84. The van der Waals surface area contributed by atoms with Gasteiger partial charge in [-0.05, 0) is 12.1 Å². The molecule has 5 nitrogen and oxygen atoms in total. The average Bonchev–Trinajstić information content (AvgIpc) is 3.14. The van der Waals surface area contributed by atoms with E-state index in [9.17, 15) is 18.0 Å². The number of hydrogen-bond donors (Lipinski definition) is 0. The quantitative estimate of drug-likeness (QED) is 0.255. The summed E-state index contributed by atoms with van der Waals surface area (Å²) in [7, 11) is 1.77. The zero-order chi connectivity index (χ0) is 22.7. The molecule has 10 heteroatoms. The number of alkyl halides is 3. The number of nitrogens with zero attached hydrogens (tertiary/aromatic N) is 4. The van der Waals surface area contributed by atoms with Crippen LogP contribution in [0.1, 0.15) is 21.9 Å². The number of thioether (sulfide) groups is 2. The van der Waals surface area contributed by atoms with Crippen molar-refractivity contribution in [3.05, 3.63) is 77.7 Å². The Labute approximate surface area is 190 Å². The Kier molecular flexibility index (Phi) is 6.52. The molecule has 2 aromatic carbocycles. The fourth-order valence-electron chi connectivity index (χ4n) is 2.98. The lowest BCUT2D eigenvalue weighted by Crippen LogP contribution is -2.08. The lowest BCUT2D eigenvalue weighted by atomic mass is 10.2. The Hall–Kier alpha value is -2.85. The number of carbonyl (C=O) groups is 1. The van der Waals surface area contributed by atoms with Gasteiger partial charge in [-0.25, -0.2) is 4.98 Å². The van der Waals surface area contributed by atoms with Crippen LogP contribution in [0.4, 0.5) is 13.2 Å². The summed E-state index contributed by atoms with van der Waals surface area (Å²) in [6.45, 7) is 0. The number of pyridine rings is 1. The highest BCUT2D eigenvalue weighted by Crippen LogP contribution is 2.36. The fraction of sp³-hybridized carbons (Fsp3) is 0.182. The minimum absolute atomic E-state index is 0.0162. The van der Waals surface area contributed by atoms with Crippen LogP contribution in [0.15, 0.2) is 70.7 Å². The standard InChI is InChI=1S/C22H17F3N4OS2/c1-29-20(27-28-21(29)32-12-17(30)14-7-3-2-4-8-14)13-31-18-11-19(22(23,24)25)26-16-10-6-5-9-15(16)18/h2-11H,12-13H2,1H3. The molecule has 0 saturated heterocycles. The van der Waals surface area contributed by atoms with Crippen LogP contribution in [0, 0.1) is 0 Å². The Morgan fingerprint density at radius 3 is 2.47 bits per heavy atom. The molecule has 0 aliphatic carbocycles. The normalized spacial score (nSPS) is 11.8. The third kappa shape index (κ3) is 4.97. The number of Topliss-reactive ketones (excluding diaryl/α,β-unsaturated/α-hetero) is 1. The van der Waals surface area contributed by atoms with Crippen molar-refractivity contribution in [1.82, 2.24) is 19.7 Å². The summed E-state index contributed by atoms with van der Waals surface area (Å²) in [5.74, 6) is 1.12. The van der Waals surface area contributed by atoms with Crippen LogP contribution in [0.3, 0.4) is 0 Å². The largest absolute Gasteiger partial charge is 0.433 e. The minimum atomic E-state index is -4.53. The van der Waals surface area contributed by atoms with E-state index in [2.05, 4.69) is 15.2 Å². The number of aromatic nitrogens is 4. The summed E-state index contributed by atoms with van der Waals surface area (Å²) >= 11 is 2.52. The van der Waals surface area contributed by atoms with E-state index in [-0.39, 0.29) is 11.5 Å². The van der Waals surface area contributed by atoms with Gasteiger partial charge in [-0.3, -0.25) is 4.79 Å². The van der Waals surface area contributed by atoms with E-state index in [4.69, 9.17) is 0 Å². The maximum Gasteiger partial charge on any atom is 0.433 e. The molecule has 0 radical (unpaired) electrons. The predicted octanol–water partition coefficient (Wildman–Crippen LogP) is 5.65. The third-order valence-corrected chi connectivity index (χ3v) is 6.75. The molecule has 0 aliphatic heterocycles. The molecular formula is C22H17F3N4OS2. The lowest BCUT2D eigenvalue weighted by Gasteiger charge is -2.11. The van der Waals surface area contributed by atoms with Gasteiger partial charge in [-0.1, -0.05) is 60.3 Å². The SMILES string of the molecule is Cn1c(CSc2cc(C(F)(F)F)nc3ccccc23)nnc1SCC(=O)c1ccccc1. The van der Waals surface area contributed by atoms with E-state index in [1.54, 1.807) is 48.0 Å². The van der Waals surface area contributed by atoms with E-state index in [0.717, 1.165) is 6.07 Å². The summed E-state index contributed by atoms with van der Waals surface area (Å²) in [5.41, 5.74) is -0.00576. The van der Waals surface area contributed by atoms with Gasteiger partial charge >= 0.3 is 6.18 Å². The number of halogens is 3. The highest BCUT2D eigenvalue weighted by Gasteiger charge is 2.33. The molecule has 0 aliphatic rings. The van der Waals surface area contributed by atoms with Crippen molar-refractivity contribution in [2.75, 3.05) is 5.75 Å². The van der Waals surface area contributed by atoms with Gasteiger partial charge in [-0.2, -0.15) is 13.2 Å². The highest BCUT2D eigenvalue weighted by atomic mass is 32.2. The van der Waals surface area contributed by atoms with Gasteiger partial charge < -0.3 is 4.57 Å². The number of ketones is 1. The molecule has 2 aromatic heterocycles. The number of hydrogen-bond acceptors (Lipinski definition) is 6. The molecule has 164 valence electrons. The number of para-hydroxylation sites is 1. The summed E-state index contributed by atoms with van der Waals surface area (Å²) in [5, 5.41) is 9.50. The lowest BCUT2D eigenvalue weighted by molar-refractivity contribution is -0.141. The zero-order valence-corrected chi connectivity index (χ0v) is 18.5. The molecule has 0 atom stereocenters. The topological polar surface area (TPSA) is 60.7 Å². The fourth-order valence-corrected chi connectivity index (χ4v) is 4.87. The van der Waals surface area contributed by atoms with E-state index in [1.807, 2.05) is 18.2 Å². The smallest absolute Gasteiger partial charge is 0.308 e. The van der Waals surface area contributed by atoms with E-state index in [1.165, 1.54) is 23.5 Å². The van der Waals surface area contributed by atoms with Gasteiger partial charge in [0.15, 0.2) is 10.9 Å². The molecule has 0 unspecified atom stereocenters. The molecule has 0 N–H and O–H groups in total. The Morgan fingerprint density at radius 1 is 1.00 bits per heavy atom. The number of fused-ring (bicyclic) bond motifs is 1. The number of rotatable bonds is 7. The van der Waals surface area contributed by atoms with Gasteiger partial charge in [0, 0.05) is 22.9 Å². The summed E-state index contributed by atoms with van der Waals surface area (Å²) in [6, 6.07) is 16.8. The number of benzene rings is 2. The third-order valence-electron chi connectivity index (χ3n) is 4.68. The maximum absolute atomic E-state index is 13.3. The maximum atomic E-state index is 13.3.